The van der Waals surface area contributed by atoms with Gasteiger partial charge in [0.25, 0.3) is 0 Å². The highest BCUT2D eigenvalue weighted by Gasteiger charge is 2.01. The Balaban J connectivity index is 2.98. The van der Waals surface area contributed by atoms with Crippen molar-refractivity contribution in [3.8, 4) is 12.3 Å². The maximum Gasteiger partial charge on any atom is 0.129 e. The Bertz CT molecular complexity index is 288. The molecule has 0 saturated heterocycles. The van der Waals surface area contributed by atoms with Gasteiger partial charge in [-0.3, -0.25) is 0 Å². The average Bonchev–Trinajstić information content (AvgIpc) is 2.03. The van der Waals surface area contributed by atoms with E-state index in [0.717, 1.165) is 5.69 Å². The minimum absolute atomic E-state index is 0.0358. The van der Waals surface area contributed by atoms with Crippen LogP contribution in [0.15, 0.2) is 18.2 Å². The molecule has 0 aliphatic rings. The van der Waals surface area contributed by atoms with Crippen molar-refractivity contribution in [1.29, 1.82) is 0 Å². The zero-order valence-corrected chi connectivity index (χ0v) is 6.97. The van der Waals surface area contributed by atoms with Crippen LogP contribution in [0.4, 0.5) is 0 Å². The number of aromatic nitrogens is 1. The lowest BCUT2D eigenvalue weighted by atomic mass is 10.1. The van der Waals surface area contributed by atoms with Crippen molar-refractivity contribution in [2.24, 2.45) is 0 Å². The van der Waals surface area contributed by atoms with Crippen LogP contribution < -0.4 is 0 Å². The third-order valence-electron chi connectivity index (χ3n) is 1.43. The molecule has 1 rings (SSSR count). The summed E-state index contributed by atoms with van der Waals surface area (Å²) >= 11 is 5.67. The molecule has 1 nitrogen and oxygen atoms in total. The van der Waals surface area contributed by atoms with E-state index >= 15 is 0 Å². The van der Waals surface area contributed by atoms with E-state index in [1.165, 1.54) is 0 Å². The zero-order valence-electron chi connectivity index (χ0n) is 6.21. The van der Waals surface area contributed by atoms with Crippen LogP contribution in [0, 0.1) is 12.3 Å². The van der Waals surface area contributed by atoms with Gasteiger partial charge in [0, 0.05) is 0 Å². The molecule has 0 radical (unpaired) electrons. The first-order valence-electron chi connectivity index (χ1n) is 3.32. The minimum atomic E-state index is 0.0358. The van der Waals surface area contributed by atoms with Crippen LogP contribution in [0.3, 0.4) is 0 Å². The van der Waals surface area contributed by atoms with Gasteiger partial charge in [-0.1, -0.05) is 23.6 Å². The molecule has 1 aromatic heterocycles. The van der Waals surface area contributed by atoms with E-state index in [1.807, 2.05) is 19.1 Å². The first kappa shape index (κ1) is 8.10. The van der Waals surface area contributed by atoms with Crippen LogP contribution in [-0.4, -0.2) is 4.98 Å². The van der Waals surface area contributed by atoms with Crippen molar-refractivity contribution < 1.29 is 0 Å². The number of hydrogen-bond donors (Lipinski definition) is 0. The van der Waals surface area contributed by atoms with Crippen molar-refractivity contribution in [2.45, 2.75) is 12.8 Å². The van der Waals surface area contributed by atoms with Crippen LogP contribution >= 0.6 is 11.6 Å². The van der Waals surface area contributed by atoms with E-state index in [2.05, 4.69) is 10.9 Å². The number of halogens is 1. The van der Waals surface area contributed by atoms with Crippen molar-refractivity contribution in [2.75, 3.05) is 0 Å². The molecule has 1 aromatic rings. The normalized spacial score (nSPS) is 12.1. The number of hydrogen-bond acceptors (Lipinski definition) is 1. The SMILES string of the molecule is C#CC(C)c1cccc(Cl)n1. The second-order valence-electron chi connectivity index (χ2n) is 2.27. The van der Waals surface area contributed by atoms with E-state index in [1.54, 1.807) is 6.07 Å². The Morgan fingerprint density at radius 2 is 2.36 bits per heavy atom. The standard InChI is InChI=1S/C9H8ClN/c1-3-7(2)8-5-4-6-9(10)11-8/h1,4-7H,2H3. The number of pyridine rings is 1. The van der Waals surface area contributed by atoms with Gasteiger partial charge < -0.3 is 0 Å². The Hall–Kier alpha value is -1.00. The molecule has 56 valence electrons. The topological polar surface area (TPSA) is 12.9 Å². The van der Waals surface area contributed by atoms with Crippen LogP contribution in [-0.2, 0) is 0 Å². The van der Waals surface area contributed by atoms with Gasteiger partial charge in [0.05, 0.1) is 11.6 Å². The summed E-state index contributed by atoms with van der Waals surface area (Å²) in [7, 11) is 0. The average molecular weight is 166 g/mol. The molecule has 0 bridgehead atoms. The highest BCUT2D eigenvalue weighted by atomic mass is 35.5. The van der Waals surface area contributed by atoms with Gasteiger partial charge in [-0.05, 0) is 19.1 Å². The van der Waals surface area contributed by atoms with Gasteiger partial charge in [-0.25, -0.2) is 4.98 Å². The molecule has 0 amide bonds. The van der Waals surface area contributed by atoms with Crippen molar-refractivity contribution >= 4 is 11.6 Å². The van der Waals surface area contributed by atoms with Crippen molar-refractivity contribution in [3.63, 3.8) is 0 Å². The third-order valence-corrected chi connectivity index (χ3v) is 1.64. The zero-order chi connectivity index (χ0) is 8.27. The first-order chi connectivity index (χ1) is 5.24. The molecule has 0 aliphatic carbocycles. The summed E-state index contributed by atoms with van der Waals surface area (Å²) in [5.74, 6) is 2.62. The quantitative estimate of drug-likeness (QED) is 0.460. The molecule has 2 heteroatoms. The first-order valence-corrected chi connectivity index (χ1v) is 3.70. The molecule has 0 fully saturated rings. The molecule has 0 saturated carbocycles. The lowest BCUT2D eigenvalue weighted by Crippen LogP contribution is -1.92. The molecule has 1 unspecified atom stereocenters. The molecule has 1 atom stereocenters. The highest BCUT2D eigenvalue weighted by Crippen LogP contribution is 2.13. The monoisotopic (exact) mass is 165 g/mol. The summed E-state index contributed by atoms with van der Waals surface area (Å²) in [5, 5.41) is 0.490. The second kappa shape index (κ2) is 3.41. The van der Waals surface area contributed by atoms with Crippen LogP contribution in [0.1, 0.15) is 18.5 Å². The summed E-state index contributed by atoms with van der Waals surface area (Å²) in [6.07, 6.45) is 5.22. The maximum atomic E-state index is 5.67. The van der Waals surface area contributed by atoms with Gasteiger partial charge in [0.1, 0.15) is 5.15 Å². The summed E-state index contributed by atoms with van der Waals surface area (Å²) in [5.41, 5.74) is 0.847. The molecular weight excluding hydrogens is 158 g/mol. The van der Waals surface area contributed by atoms with Gasteiger partial charge in [-0.2, -0.15) is 0 Å². The Labute approximate surface area is 71.4 Å². The number of rotatable bonds is 1. The van der Waals surface area contributed by atoms with Gasteiger partial charge >= 0.3 is 0 Å². The summed E-state index contributed by atoms with van der Waals surface area (Å²) in [6.45, 7) is 1.92. The third kappa shape index (κ3) is 1.96. The smallest absolute Gasteiger partial charge is 0.129 e. The maximum absolute atomic E-state index is 5.67. The lowest BCUT2D eigenvalue weighted by Gasteiger charge is -2.01. The predicted molar refractivity (Wildman–Crippen MR) is 46.5 cm³/mol. The molecule has 11 heavy (non-hydrogen) atoms. The number of terminal acetylenes is 1. The van der Waals surface area contributed by atoms with Crippen molar-refractivity contribution in [3.05, 3.63) is 29.0 Å². The van der Waals surface area contributed by atoms with Gasteiger partial charge in [0.2, 0.25) is 0 Å². The summed E-state index contributed by atoms with van der Waals surface area (Å²) in [6, 6.07) is 5.45. The van der Waals surface area contributed by atoms with Crippen LogP contribution in [0.2, 0.25) is 5.15 Å². The van der Waals surface area contributed by atoms with E-state index in [4.69, 9.17) is 18.0 Å². The Morgan fingerprint density at radius 1 is 1.64 bits per heavy atom. The minimum Gasteiger partial charge on any atom is -0.240 e. The van der Waals surface area contributed by atoms with Gasteiger partial charge in [0.15, 0.2) is 0 Å². The second-order valence-corrected chi connectivity index (χ2v) is 2.66. The fourth-order valence-corrected chi connectivity index (χ4v) is 0.921. The van der Waals surface area contributed by atoms with Crippen LogP contribution in [0.5, 0.6) is 0 Å². The highest BCUT2D eigenvalue weighted by molar-refractivity contribution is 6.29. The van der Waals surface area contributed by atoms with E-state index in [9.17, 15) is 0 Å². The predicted octanol–water partition coefficient (Wildman–Crippen LogP) is 2.47. The van der Waals surface area contributed by atoms with Gasteiger partial charge in [-0.15, -0.1) is 6.42 Å². The Morgan fingerprint density at radius 3 is 2.91 bits per heavy atom. The largest absolute Gasteiger partial charge is 0.240 e. The van der Waals surface area contributed by atoms with Crippen LogP contribution in [0.25, 0.3) is 0 Å². The number of nitrogens with zero attached hydrogens (tertiary/aromatic N) is 1. The Kier molecular flexibility index (Phi) is 2.51. The molecule has 0 N–H and O–H groups in total. The van der Waals surface area contributed by atoms with Crippen molar-refractivity contribution in [1.82, 2.24) is 4.98 Å². The molecule has 1 heterocycles. The molecule has 0 spiro atoms. The van der Waals surface area contributed by atoms with E-state index < -0.39 is 0 Å². The molecular formula is C9H8ClN. The summed E-state index contributed by atoms with van der Waals surface area (Å²) in [4.78, 5) is 4.07. The lowest BCUT2D eigenvalue weighted by molar-refractivity contribution is 0.937. The summed E-state index contributed by atoms with van der Waals surface area (Å²) < 4.78 is 0. The fraction of sp³-hybridized carbons (Fsp3) is 0.222. The fourth-order valence-electron chi connectivity index (χ4n) is 0.751. The molecule has 0 aromatic carbocycles. The molecule has 0 aliphatic heterocycles. The van der Waals surface area contributed by atoms with E-state index in [-0.39, 0.29) is 5.92 Å². The van der Waals surface area contributed by atoms with E-state index in [0.29, 0.717) is 5.15 Å².